The molecule has 0 radical (unpaired) electrons. The van der Waals surface area contributed by atoms with Gasteiger partial charge in [-0.2, -0.15) is 0 Å². The Kier molecular flexibility index (Phi) is 4.08. The van der Waals surface area contributed by atoms with Crippen molar-refractivity contribution in [3.8, 4) is 0 Å². The summed E-state index contributed by atoms with van der Waals surface area (Å²) in [6.07, 6.45) is 3.19. The molecule has 1 unspecified atom stereocenters. The van der Waals surface area contributed by atoms with Crippen LogP contribution in [0.4, 0.5) is 0 Å². The summed E-state index contributed by atoms with van der Waals surface area (Å²) in [4.78, 5) is 22.4. The first kappa shape index (κ1) is 13.2. The zero-order chi connectivity index (χ0) is 12.2. The second kappa shape index (κ2) is 4.95. The molecule has 0 bridgehead atoms. The number of aldehydes is 1. The zero-order valence-corrected chi connectivity index (χ0v) is 10.2. The molecule has 1 fully saturated rings. The van der Waals surface area contributed by atoms with E-state index in [-0.39, 0.29) is 11.6 Å². The van der Waals surface area contributed by atoms with Gasteiger partial charge in [0.2, 0.25) is 0 Å². The summed E-state index contributed by atoms with van der Waals surface area (Å²) in [5.41, 5.74) is -0.703. The second-order valence-corrected chi connectivity index (χ2v) is 5.09. The minimum Gasteiger partial charge on any atom is -0.469 e. The first-order valence-electron chi connectivity index (χ1n) is 5.60. The van der Waals surface area contributed by atoms with E-state index in [1.54, 1.807) is 0 Å². The number of ether oxygens (including phenoxy) is 2. The highest BCUT2D eigenvalue weighted by atomic mass is 16.5. The minimum absolute atomic E-state index is 0.259. The van der Waals surface area contributed by atoms with Gasteiger partial charge in [-0.3, -0.25) is 4.79 Å². The summed E-state index contributed by atoms with van der Waals surface area (Å²) in [7, 11) is 1.36. The van der Waals surface area contributed by atoms with Gasteiger partial charge >= 0.3 is 5.97 Å². The van der Waals surface area contributed by atoms with E-state index in [2.05, 4.69) is 4.74 Å². The quantitative estimate of drug-likeness (QED) is 0.543. The number of hydrogen-bond donors (Lipinski definition) is 0. The van der Waals surface area contributed by atoms with Gasteiger partial charge in [-0.25, -0.2) is 0 Å². The Morgan fingerprint density at radius 1 is 1.50 bits per heavy atom. The Hall–Kier alpha value is -0.900. The summed E-state index contributed by atoms with van der Waals surface area (Å²) in [5, 5.41) is 0. The Bertz CT molecular complexity index is 272. The molecule has 1 heterocycles. The van der Waals surface area contributed by atoms with Crippen molar-refractivity contribution in [2.45, 2.75) is 45.1 Å². The number of carbonyl (C=O) groups excluding carboxylic acids is 2. The van der Waals surface area contributed by atoms with E-state index in [0.717, 1.165) is 6.29 Å². The SMILES string of the molecule is COC(=O)CCC1(C=O)CCOC(C)(C)C1. The lowest BCUT2D eigenvalue weighted by atomic mass is 9.72. The van der Waals surface area contributed by atoms with E-state index in [1.165, 1.54) is 7.11 Å². The molecule has 0 aromatic rings. The molecule has 1 aliphatic rings. The van der Waals surface area contributed by atoms with Crippen LogP contribution in [0, 0.1) is 5.41 Å². The van der Waals surface area contributed by atoms with Gasteiger partial charge in [0, 0.05) is 18.4 Å². The molecule has 0 saturated carbocycles. The van der Waals surface area contributed by atoms with Crippen molar-refractivity contribution in [2.75, 3.05) is 13.7 Å². The molecule has 1 aliphatic heterocycles. The predicted molar refractivity (Wildman–Crippen MR) is 59.0 cm³/mol. The molecule has 4 heteroatoms. The maximum absolute atomic E-state index is 11.3. The Balaban J connectivity index is 2.62. The number of carbonyl (C=O) groups is 2. The molecule has 0 aromatic heterocycles. The van der Waals surface area contributed by atoms with Crippen molar-refractivity contribution < 1.29 is 19.1 Å². The van der Waals surface area contributed by atoms with E-state index in [4.69, 9.17) is 4.74 Å². The lowest BCUT2D eigenvalue weighted by Gasteiger charge is -2.41. The molecule has 0 aliphatic carbocycles. The smallest absolute Gasteiger partial charge is 0.305 e. The Morgan fingerprint density at radius 3 is 2.69 bits per heavy atom. The topological polar surface area (TPSA) is 52.6 Å². The van der Waals surface area contributed by atoms with Crippen molar-refractivity contribution in [2.24, 2.45) is 5.41 Å². The molecule has 0 N–H and O–H groups in total. The summed E-state index contributed by atoms with van der Waals surface area (Å²) >= 11 is 0. The minimum atomic E-state index is -0.421. The maximum Gasteiger partial charge on any atom is 0.305 e. The molecule has 0 amide bonds. The Labute approximate surface area is 96.3 Å². The van der Waals surface area contributed by atoms with Crippen LogP contribution < -0.4 is 0 Å². The average Bonchev–Trinajstić information content (AvgIpc) is 2.24. The number of hydrogen-bond acceptors (Lipinski definition) is 4. The van der Waals surface area contributed by atoms with Crippen molar-refractivity contribution >= 4 is 12.3 Å². The molecule has 92 valence electrons. The second-order valence-electron chi connectivity index (χ2n) is 5.09. The molecule has 0 aromatic carbocycles. The van der Waals surface area contributed by atoms with Crippen LogP contribution in [0.1, 0.15) is 39.5 Å². The number of rotatable bonds is 4. The van der Waals surface area contributed by atoms with Crippen LogP contribution >= 0.6 is 0 Å². The van der Waals surface area contributed by atoms with Crippen LogP contribution in [0.25, 0.3) is 0 Å². The van der Waals surface area contributed by atoms with Gasteiger partial charge in [0.25, 0.3) is 0 Å². The fourth-order valence-corrected chi connectivity index (χ4v) is 2.34. The van der Waals surface area contributed by atoms with E-state index in [9.17, 15) is 9.59 Å². The molecule has 4 nitrogen and oxygen atoms in total. The van der Waals surface area contributed by atoms with Gasteiger partial charge in [-0.15, -0.1) is 0 Å². The molecule has 16 heavy (non-hydrogen) atoms. The van der Waals surface area contributed by atoms with Crippen LogP contribution in [-0.4, -0.2) is 31.6 Å². The number of esters is 1. The largest absolute Gasteiger partial charge is 0.469 e. The maximum atomic E-state index is 11.3. The van der Waals surface area contributed by atoms with E-state index < -0.39 is 5.41 Å². The van der Waals surface area contributed by atoms with Gasteiger partial charge < -0.3 is 14.3 Å². The highest BCUT2D eigenvalue weighted by molar-refractivity contribution is 5.70. The van der Waals surface area contributed by atoms with E-state index in [0.29, 0.717) is 32.3 Å². The molecule has 1 atom stereocenters. The highest BCUT2D eigenvalue weighted by Gasteiger charge is 2.40. The first-order chi connectivity index (χ1) is 7.43. The van der Waals surface area contributed by atoms with Crippen molar-refractivity contribution in [3.05, 3.63) is 0 Å². The normalized spacial score (nSPS) is 28.4. The third-order valence-electron chi connectivity index (χ3n) is 3.18. The van der Waals surface area contributed by atoms with Crippen LogP contribution in [0.5, 0.6) is 0 Å². The summed E-state index contributed by atoms with van der Waals surface area (Å²) < 4.78 is 10.2. The van der Waals surface area contributed by atoms with Crippen molar-refractivity contribution in [3.63, 3.8) is 0 Å². The average molecular weight is 228 g/mol. The lowest BCUT2D eigenvalue weighted by molar-refractivity contribution is -0.146. The van der Waals surface area contributed by atoms with E-state index in [1.807, 2.05) is 13.8 Å². The standard InChI is InChI=1S/C12H20O4/c1-11(2)8-12(9-13,6-7-16-11)5-4-10(14)15-3/h9H,4-8H2,1-3H3. The van der Waals surface area contributed by atoms with Crippen LogP contribution in [-0.2, 0) is 19.1 Å². The summed E-state index contributed by atoms with van der Waals surface area (Å²) in [6.45, 7) is 4.53. The van der Waals surface area contributed by atoms with Crippen molar-refractivity contribution in [1.82, 2.24) is 0 Å². The van der Waals surface area contributed by atoms with Crippen LogP contribution in [0.3, 0.4) is 0 Å². The van der Waals surface area contributed by atoms with Crippen molar-refractivity contribution in [1.29, 1.82) is 0 Å². The first-order valence-corrected chi connectivity index (χ1v) is 5.60. The van der Waals surface area contributed by atoms with E-state index >= 15 is 0 Å². The fraction of sp³-hybridized carbons (Fsp3) is 0.833. The van der Waals surface area contributed by atoms with Gasteiger partial charge in [0.1, 0.15) is 6.29 Å². The highest BCUT2D eigenvalue weighted by Crippen LogP contribution is 2.40. The lowest BCUT2D eigenvalue weighted by Crippen LogP contribution is -2.42. The number of methoxy groups -OCH3 is 1. The molecular formula is C12H20O4. The summed E-state index contributed by atoms with van der Waals surface area (Å²) in [5.74, 6) is -0.259. The predicted octanol–water partition coefficient (Wildman–Crippen LogP) is 1.71. The van der Waals surface area contributed by atoms with Crippen LogP contribution in [0.2, 0.25) is 0 Å². The third kappa shape index (κ3) is 3.30. The molecule has 1 saturated heterocycles. The summed E-state index contributed by atoms with van der Waals surface area (Å²) in [6, 6.07) is 0. The van der Waals surface area contributed by atoms with Gasteiger partial charge in [0.15, 0.2) is 0 Å². The van der Waals surface area contributed by atoms with Crippen LogP contribution in [0.15, 0.2) is 0 Å². The monoisotopic (exact) mass is 228 g/mol. The zero-order valence-electron chi connectivity index (χ0n) is 10.2. The van der Waals surface area contributed by atoms with Gasteiger partial charge in [-0.1, -0.05) is 0 Å². The Morgan fingerprint density at radius 2 is 2.19 bits per heavy atom. The fourth-order valence-electron chi connectivity index (χ4n) is 2.34. The molecular weight excluding hydrogens is 208 g/mol. The molecule has 1 rings (SSSR count). The van der Waals surface area contributed by atoms with Gasteiger partial charge in [0.05, 0.1) is 12.7 Å². The third-order valence-corrected chi connectivity index (χ3v) is 3.18. The molecule has 0 spiro atoms. The van der Waals surface area contributed by atoms with Gasteiger partial charge in [-0.05, 0) is 33.1 Å².